The van der Waals surface area contributed by atoms with Crippen molar-refractivity contribution in [1.82, 2.24) is 0 Å². The Labute approximate surface area is 159 Å². The number of aryl methyl sites for hydroxylation is 1. The van der Waals surface area contributed by atoms with E-state index in [4.69, 9.17) is 14.8 Å². The summed E-state index contributed by atoms with van der Waals surface area (Å²) in [5, 5.41) is 13.0. The third-order valence-corrected chi connectivity index (χ3v) is 4.04. The van der Waals surface area contributed by atoms with Gasteiger partial charge in [-0.15, -0.1) is 0 Å². The molecule has 0 unspecified atom stereocenters. The van der Waals surface area contributed by atoms with Crippen LogP contribution in [0.25, 0.3) is 0 Å². The highest BCUT2D eigenvalue weighted by Crippen LogP contribution is 2.14. The molecular formula is C23H20N2O2. The zero-order chi connectivity index (χ0) is 18.9. The summed E-state index contributed by atoms with van der Waals surface area (Å²) in [6.45, 7) is 2.87. The van der Waals surface area contributed by atoms with Gasteiger partial charge in [-0.05, 0) is 48.4 Å². The van der Waals surface area contributed by atoms with E-state index in [2.05, 4.69) is 42.4 Å². The summed E-state index contributed by atoms with van der Waals surface area (Å²) in [7, 11) is 0. The SMILES string of the molecule is Cc1ccc(COc2ccc(/C=N\OCc3ccccc3C#N)cc2)cc1. The molecule has 4 nitrogen and oxygen atoms in total. The molecule has 3 aromatic rings. The van der Waals surface area contributed by atoms with Crippen LogP contribution in [0.3, 0.4) is 0 Å². The minimum atomic E-state index is 0.262. The number of hydrogen-bond acceptors (Lipinski definition) is 4. The molecule has 0 atom stereocenters. The highest BCUT2D eigenvalue weighted by atomic mass is 16.6. The van der Waals surface area contributed by atoms with Gasteiger partial charge >= 0.3 is 0 Å². The van der Waals surface area contributed by atoms with Gasteiger partial charge in [-0.1, -0.05) is 53.2 Å². The number of nitrogens with zero attached hydrogens (tertiary/aromatic N) is 2. The molecule has 0 amide bonds. The van der Waals surface area contributed by atoms with Crippen molar-refractivity contribution < 1.29 is 9.57 Å². The van der Waals surface area contributed by atoms with Crippen molar-refractivity contribution in [2.24, 2.45) is 5.16 Å². The van der Waals surface area contributed by atoms with Gasteiger partial charge in [0, 0.05) is 5.56 Å². The largest absolute Gasteiger partial charge is 0.489 e. The molecule has 0 aromatic heterocycles. The first kappa shape index (κ1) is 18.2. The predicted molar refractivity (Wildman–Crippen MR) is 105 cm³/mol. The first-order valence-electron chi connectivity index (χ1n) is 8.66. The molecule has 0 N–H and O–H groups in total. The number of rotatable bonds is 7. The van der Waals surface area contributed by atoms with E-state index < -0.39 is 0 Å². The lowest BCUT2D eigenvalue weighted by atomic mass is 10.1. The number of benzene rings is 3. The Morgan fingerprint density at radius 3 is 2.41 bits per heavy atom. The summed E-state index contributed by atoms with van der Waals surface area (Å²) in [4.78, 5) is 5.30. The maximum atomic E-state index is 9.05. The third kappa shape index (κ3) is 5.45. The average Bonchev–Trinajstić information content (AvgIpc) is 2.72. The van der Waals surface area contributed by atoms with Gasteiger partial charge in [0.25, 0.3) is 0 Å². The molecule has 0 saturated heterocycles. The van der Waals surface area contributed by atoms with E-state index in [1.54, 1.807) is 12.3 Å². The Morgan fingerprint density at radius 1 is 0.926 bits per heavy atom. The fourth-order valence-corrected chi connectivity index (χ4v) is 2.46. The van der Waals surface area contributed by atoms with Crippen LogP contribution in [0.4, 0.5) is 0 Å². The van der Waals surface area contributed by atoms with Gasteiger partial charge in [0.05, 0.1) is 17.8 Å². The van der Waals surface area contributed by atoms with Gasteiger partial charge in [-0.2, -0.15) is 5.26 Å². The number of ether oxygens (including phenoxy) is 1. The Balaban J connectivity index is 1.49. The smallest absolute Gasteiger partial charge is 0.143 e. The molecule has 0 aliphatic carbocycles. The molecule has 3 aromatic carbocycles. The second-order valence-corrected chi connectivity index (χ2v) is 6.12. The van der Waals surface area contributed by atoms with Crippen molar-refractivity contribution in [3.8, 4) is 11.8 Å². The minimum absolute atomic E-state index is 0.262. The van der Waals surface area contributed by atoms with Gasteiger partial charge in [-0.3, -0.25) is 0 Å². The van der Waals surface area contributed by atoms with E-state index in [0.717, 1.165) is 22.4 Å². The van der Waals surface area contributed by atoms with E-state index >= 15 is 0 Å². The quantitative estimate of drug-likeness (QED) is 0.442. The fraction of sp³-hybridized carbons (Fsp3) is 0.130. The summed E-state index contributed by atoms with van der Waals surface area (Å²) in [5.41, 5.74) is 4.70. The monoisotopic (exact) mass is 356 g/mol. The molecular weight excluding hydrogens is 336 g/mol. The lowest BCUT2D eigenvalue weighted by Crippen LogP contribution is -1.95. The maximum absolute atomic E-state index is 9.05. The molecule has 0 aliphatic rings. The van der Waals surface area contributed by atoms with Crippen LogP contribution in [0.2, 0.25) is 0 Å². The van der Waals surface area contributed by atoms with Gasteiger partial charge in [0.1, 0.15) is 19.0 Å². The van der Waals surface area contributed by atoms with E-state index in [1.807, 2.05) is 42.5 Å². The highest BCUT2D eigenvalue weighted by molar-refractivity contribution is 5.79. The zero-order valence-electron chi connectivity index (χ0n) is 15.1. The van der Waals surface area contributed by atoms with Crippen LogP contribution in [0.5, 0.6) is 5.75 Å². The Bertz CT molecular complexity index is 939. The molecule has 4 heteroatoms. The molecule has 0 radical (unpaired) electrons. The second kappa shape index (κ2) is 9.21. The van der Waals surface area contributed by atoms with Gasteiger partial charge in [0.15, 0.2) is 0 Å². The Hall–Kier alpha value is -3.58. The van der Waals surface area contributed by atoms with Crippen molar-refractivity contribution in [1.29, 1.82) is 5.26 Å². The number of nitriles is 1. The lowest BCUT2D eigenvalue weighted by molar-refractivity contribution is 0.132. The summed E-state index contributed by atoms with van der Waals surface area (Å²) in [6.07, 6.45) is 1.64. The van der Waals surface area contributed by atoms with Crippen molar-refractivity contribution in [3.63, 3.8) is 0 Å². The molecule has 0 heterocycles. The predicted octanol–water partition coefficient (Wildman–Crippen LogP) is 5.00. The zero-order valence-corrected chi connectivity index (χ0v) is 15.1. The fourth-order valence-electron chi connectivity index (χ4n) is 2.46. The van der Waals surface area contributed by atoms with Gasteiger partial charge in [-0.25, -0.2) is 0 Å². The van der Waals surface area contributed by atoms with Crippen LogP contribution >= 0.6 is 0 Å². The van der Waals surface area contributed by atoms with Crippen LogP contribution in [0.15, 0.2) is 78.0 Å². The first-order chi connectivity index (χ1) is 13.2. The normalized spacial score (nSPS) is 10.5. The second-order valence-electron chi connectivity index (χ2n) is 6.12. The summed E-state index contributed by atoms with van der Waals surface area (Å²) in [6, 6.07) is 25.4. The average molecular weight is 356 g/mol. The van der Waals surface area contributed by atoms with Crippen LogP contribution in [0, 0.1) is 18.3 Å². The highest BCUT2D eigenvalue weighted by Gasteiger charge is 2.00. The van der Waals surface area contributed by atoms with E-state index in [1.165, 1.54) is 5.56 Å². The molecule has 0 aliphatic heterocycles. The Morgan fingerprint density at radius 2 is 1.67 bits per heavy atom. The molecule has 0 fully saturated rings. The molecule has 27 heavy (non-hydrogen) atoms. The van der Waals surface area contributed by atoms with Crippen molar-refractivity contribution in [2.75, 3.05) is 0 Å². The summed E-state index contributed by atoms with van der Waals surface area (Å²) in [5.74, 6) is 0.802. The standard InChI is InChI=1S/C23H20N2O2/c1-18-6-8-20(9-7-18)16-26-23-12-10-19(11-13-23)15-25-27-17-22-5-3-2-4-21(22)14-24/h2-13,15H,16-17H2,1H3/b25-15-. The van der Waals surface area contributed by atoms with E-state index in [0.29, 0.717) is 12.2 Å². The van der Waals surface area contributed by atoms with Crippen molar-refractivity contribution in [3.05, 3.63) is 101 Å². The van der Waals surface area contributed by atoms with E-state index in [9.17, 15) is 0 Å². The van der Waals surface area contributed by atoms with Gasteiger partial charge in [0.2, 0.25) is 0 Å². The molecule has 0 saturated carbocycles. The third-order valence-electron chi connectivity index (χ3n) is 4.04. The summed E-state index contributed by atoms with van der Waals surface area (Å²) >= 11 is 0. The Kier molecular flexibility index (Phi) is 6.21. The number of hydrogen-bond donors (Lipinski definition) is 0. The van der Waals surface area contributed by atoms with Crippen molar-refractivity contribution >= 4 is 6.21 Å². The van der Waals surface area contributed by atoms with E-state index in [-0.39, 0.29) is 6.61 Å². The number of oxime groups is 1. The lowest BCUT2D eigenvalue weighted by Gasteiger charge is -2.07. The maximum Gasteiger partial charge on any atom is 0.143 e. The summed E-state index contributed by atoms with van der Waals surface area (Å²) < 4.78 is 5.79. The topological polar surface area (TPSA) is 54.6 Å². The van der Waals surface area contributed by atoms with Crippen LogP contribution < -0.4 is 4.74 Å². The molecule has 3 rings (SSSR count). The van der Waals surface area contributed by atoms with Crippen molar-refractivity contribution in [2.45, 2.75) is 20.1 Å². The van der Waals surface area contributed by atoms with Crippen LogP contribution in [-0.4, -0.2) is 6.21 Å². The molecule has 0 bridgehead atoms. The minimum Gasteiger partial charge on any atom is -0.489 e. The van der Waals surface area contributed by atoms with Gasteiger partial charge < -0.3 is 9.57 Å². The molecule has 134 valence electrons. The first-order valence-corrected chi connectivity index (χ1v) is 8.66. The van der Waals surface area contributed by atoms with Crippen LogP contribution in [-0.2, 0) is 18.1 Å². The van der Waals surface area contributed by atoms with Crippen LogP contribution in [0.1, 0.15) is 27.8 Å². The molecule has 0 spiro atoms.